The number of nitrogens with zero attached hydrogens (tertiary/aromatic N) is 2. The molecule has 1 atom stereocenters. The molecule has 202 valence electrons. The van der Waals surface area contributed by atoms with Crippen molar-refractivity contribution in [3.8, 4) is 5.75 Å². The quantitative estimate of drug-likeness (QED) is 0.452. The predicted octanol–water partition coefficient (Wildman–Crippen LogP) is 3.76. The van der Waals surface area contributed by atoms with E-state index in [2.05, 4.69) is 5.32 Å². The molecule has 37 heavy (non-hydrogen) atoms. The molecule has 1 fully saturated rings. The number of methoxy groups -OCH3 is 1. The van der Waals surface area contributed by atoms with Gasteiger partial charge in [-0.15, -0.1) is 0 Å². The van der Waals surface area contributed by atoms with E-state index in [0.717, 1.165) is 41.8 Å². The Morgan fingerprint density at radius 1 is 1.03 bits per heavy atom. The van der Waals surface area contributed by atoms with Crippen LogP contribution in [0.2, 0.25) is 0 Å². The van der Waals surface area contributed by atoms with Crippen LogP contribution in [-0.2, 0) is 26.0 Å². The van der Waals surface area contributed by atoms with E-state index in [9.17, 15) is 18.0 Å². The molecule has 0 aromatic heterocycles. The van der Waals surface area contributed by atoms with Gasteiger partial charge in [-0.3, -0.25) is 13.9 Å². The first-order valence-electron chi connectivity index (χ1n) is 13.0. The van der Waals surface area contributed by atoms with Crippen LogP contribution in [0.3, 0.4) is 0 Å². The minimum absolute atomic E-state index is 0.113. The van der Waals surface area contributed by atoms with Crippen LogP contribution in [0.25, 0.3) is 0 Å². The van der Waals surface area contributed by atoms with Gasteiger partial charge in [0, 0.05) is 12.6 Å². The van der Waals surface area contributed by atoms with E-state index >= 15 is 0 Å². The maximum absolute atomic E-state index is 13.8. The molecule has 2 aromatic carbocycles. The van der Waals surface area contributed by atoms with E-state index < -0.39 is 28.5 Å². The molecule has 0 radical (unpaired) electrons. The Bertz CT molecular complexity index is 1130. The summed E-state index contributed by atoms with van der Waals surface area (Å²) >= 11 is 0. The van der Waals surface area contributed by atoms with Crippen molar-refractivity contribution in [2.75, 3.05) is 30.8 Å². The van der Waals surface area contributed by atoms with Gasteiger partial charge in [-0.25, -0.2) is 8.42 Å². The van der Waals surface area contributed by atoms with Gasteiger partial charge in [0.05, 0.1) is 19.1 Å². The minimum Gasteiger partial charge on any atom is -0.495 e. The van der Waals surface area contributed by atoms with Crippen LogP contribution in [0, 0.1) is 0 Å². The SMILES string of the molecule is CC[C@H](C(=O)NC1CCCCC1)N(CCc1ccccc1)C(=O)CN(c1ccccc1OC)S(C)(=O)=O. The number of rotatable bonds is 12. The molecular weight excluding hydrogens is 490 g/mol. The molecule has 0 saturated heterocycles. The van der Waals surface area contributed by atoms with Crippen molar-refractivity contribution in [2.24, 2.45) is 0 Å². The summed E-state index contributed by atoms with van der Waals surface area (Å²) in [5.74, 6) is -0.268. The van der Waals surface area contributed by atoms with Crippen molar-refractivity contribution in [2.45, 2.75) is 64.0 Å². The van der Waals surface area contributed by atoms with Gasteiger partial charge in [0.1, 0.15) is 18.3 Å². The fourth-order valence-corrected chi connectivity index (χ4v) is 5.72. The Morgan fingerprint density at radius 3 is 2.30 bits per heavy atom. The van der Waals surface area contributed by atoms with Gasteiger partial charge in [0.25, 0.3) is 0 Å². The first-order valence-corrected chi connectivity index (χ1v) is 14.8. The molecular formula is C28H39N3O5S. The summed E-state index contributed by atoms with van der Waals surface area (Å²) in [6, 6.07) is 15.8. The van der Waals surface area contributed by atoms with Gasteiger partial charge in [-0.1, -0.05) is 68.7 Å². The van der Waals surface area contributed by atoms with Crippen LogP contribution in [0.5, 0.6) is 5.75 Å². The number of para-hydroxylation sites is 2. The molecule has 0 heterocycles. The van der Waals surface area contributed by atoms with Crippen molar-refractivity contribution in [3.05, 3.63) is 60.2 Å². The number of amides is 2. The molecule has 9 heteroatoms. The van der Waals surface area contributed by atoms with Gasteiger partial charge in [0.15, 0.2) is 0 Å². The van der Waals surface area contributed by atoms with Gasteiger partial charge in [-0.05, 0) is 43.4 Å². The lowest BCUT2D eigenvalue weighted by Crippen LogP contribution is -2.54. The van der Waals surface area contributed by atoms with Crippen molar-refractivity contribution in [1.82, 2.24) is 10.2 Å². The van der Waals surface area contributed by atoms with Crippen LogP contribution in [-0.4, -0.2) is 63.7 Å². The lowest BCUT2D eigenvalue weighted by atomic mass is 9.95. The largest absolute Gasteiger partial charge is 0.495 e. The summed E-state index contributed by atoms with van der Waals surface area (Å²) in [6.07, 6.45) is 7.26. The fraction of sp³-hybridized carbons (Fsp3) is 0.500. The standard InChI is InChI=1S/C28H39N3O5S/c1-4-24(28(33)29-23-15-9-6-10-16-23)30(20-19-22-13-7-5-8-14-22)27(32)21-31(37(3,34)35)25-17-11-12-18-26(25)36-2/h5,7-8,11-14,17-18,23-24H,4,6,9-10,15-16,19-21H2,1-3H3,(H,29,33)/t24-/m1/s1. The number of anilines is 1. The fourth-order valence-electron chi connectivity index (χ4n) is 4.87. The van der Waals surface area contributed by atoms with Gasteiger partial charge >= 0.3 is 0 Å². The number of sulfonamides is 1. The highest BCUT2D eigenvalue weighted by molar-refractivity contribution is 7.92. The molecule has 3 rings (SSSR count). The highest BCUT2D eigenvalue weighted by Crippen LogP contribution is 2.29. The summed E-state index contributed by atoms with van der Waals surface area (Å²) in [6.45, 7) is 1.74. The molecule has 2 amide bonds. The zero-order valence-electron chi connectivity index (χ0n) is 22.1. The van der Waals surface area contributed by atoms with Crippen LogP contribution in [0.15, 0.2) is 54.6 Å². The normalized spacial score (nSPS) is 15.0. The molecule has 0 bridgehead atoms. The third-order valence-corrected chi connectivity index (χ3v) is 7.98. The second-order valence-corrected chi connectivity index (χ2v) is 11.4. The van der Waals surface area contributed by atoms with Crippen LogP contribution in [0.4, 0.5) is 5.69 Å². The molecule has 1 aliphatic rings. The molecule has 0 unspecified atom stereocenters. The van der Waals surface area contributed by atoms with E-state index in [1.165, 1.54) is 13.5 Å². The summed E-state index contributed by atoms with van der Waals surface area (Å²) in [5, 5.41) is 3.15. The van der Waals surface area contributed by atoms with Crippen molar-refractivity contribution in [1.29, 1.82) is 0 Å². The molecule has 1 aliphatic carbocycles. The van der Waals surface area contributed by atoms with E-state index in [0.29, 0.717) is 25.1 Å². The lowest BCUT2D eigenvalue weighted by molar-refractivity contribution is -0.140. The number of carbonyl (C=O) groups excluding carboxylic acids is 2. The first-order chi connectivity index (χ1) is 17.7. The van der Waals surface area contributed by atoms with Gasteiger partial charge < -0.3 is 15.0 Å². The lowest BCUT2D eigenvalue weighted by Gasteiger charge is -2.34. The van der Waals surface area contributed by atoms with Crippen molar-refractivity contribution < 1.29 is 22.7 Å². The topological polar surface area (TPSA) is 96.0 Å². The Balaban J connectivity index is 1.88. The summed E-state index contributed by atoms with van der Waals surface area (Å²) < 4.78 is 32.0. The molecule has 8 nitrogen and oxygen atoms in total. The van der Waals surface area contributed by atoms with Gasteiger partial charge in [0.2, 0.25) is 21.8 Å². The number of benzene rings is 2. The number of ether oxygens (including phenoxy) is 1. The molecule has 1 N–H and O–H groups in total. The minimum atomic E-state index is -3.82. The third kappa shape index (κ3) is 7.95. The summed E-state index contributed by atoms with van der Waals surface area (Å²) in [7, 11) is -2.36. The number of carbonyl (C=O) groups is 2. The Hall–Kier alpha value is -3.07. The monoisotopic (exact) mass is 529 g/mol. The number of hydrogen-bond donors (Lipinski definition) is 1. The average Bonchev–Trinajstić information content (AvgIpc) is 2.90. The summed E-state index contributed by atoms with van der Waals surface area (Å²) in [4.78, 5) is 28.7. The van der Waals surface area contributed by atoms with Crippen LogP contribution in [0.1, 0.15) is 51.0 Å². The van der Waals surface area contributed by atoms with E-state index in [1.807, 2.05) is 37.3 Å². The molecule has 1 saturated carbocycles. The summed E-state index contributed by atoms with van der Waals surface area (Å²) in [5.41, 5.74) is 1.32. The first kappa shape index (κ1) is 28.5. The molecule has 0 spiro atoms. The zero-order chi connectivity index (χ0) is 26.8. The number of hydrogen-bond acceptors (Lipinski definition) is 5. The van der Waals surface area contributed by atoms with E-state index in [1.54, 1.807) is 29.2 Å². The number of nitrogens with one attached hydrogen (secondary N) is 1. The second-order valence-electron chi connectivity index (χ2n) is 9.53. The van der Waals surface area contributed by atoms with E-state index in [-0.39, 0.29) is 17.6 Å². The van der Waals surface area contributed by atoms with Crippen molar-refractivity contribution in [3.63, 3.8) is 0 Å². The van der Waals surface area contributed by atoms with E-state index in [4.69, 9.17) is 4.74 Å². The third-order valence-electron chi connectivity index (χ3n) is 6.85. The Morgan fingerprint density at radius 2 is 1.68 bits per heavy atom. The van der Waals surface area contributed by atoms with Crippen LogP contribution >= 0.6 is 0 Å². The molecule has 2 aromatic rings. The predicted molar refractivity (Wildman–Crippen MR) is 146 cm³/mol. The second kappa shape index (κ2) is 13.5. The van der Waals surface area contributed by atoms with Crippen molar-refractivity contribution >= 4 is 27.5 Å². The van der Waals surface area contributed by atoms with Gasteiger partial charge in [-0.2, -0.15) is 0 Å². The maximum Gasteiger partial charge on any atom is 0.244 e. The Labute approximate surface area is 221 Å². The maximum atomic E-state index is 13.8. The smallest absolute Gasteiger partial charge is 0.244 e. The molecule has 0 aliphatic heterocycles. The van der Waals surface area contributed by atoms with Crippen LogP contribution < -0.4 is 14.4 Å². The zero-order valence-corrected chi connectivity index (χ0v) is 22.9. The highest BCUT2D eigenvalue weighted by atomic mass is 32.2. The average molecular weight is 530 g/mol. The highest BCUT2D eigenvalue weighted by Gasteiger charge is 2.33. The Kier molecular flexibility index (Phi) is 10.4.